The Kier molecular flexibility index (Phi) is 5.54. The van der Waals surface area contributed by atoms with Gasteiger partial charge in [0.05, 0.1) is 23.7 Å². The number of aromatic hydroxyl groups is 1. The van der Waals surface area contributed by atoms with Gasteiger partial charge in [-0.1, -0.05) is 18.2 Å². The third-order valence-electron chi connectivity index (χ3n) is 3.56. The molecule has 6 heteroatoms. The summed E-state index contributed by atoms with van der Waals surface area (Å²) in [4.78, 5) is 10.4. The Balaban J connectivity index is 2.55. The Morgan fingerprint density at radius 1 is 1.44 bits per heavy atom. The van der Waals surface area contributed by atoms with Gasteiger partial charge in [0, 0.05) is 17.7 Å². The molecule has 0 saturated carbocycles. The van der Waals surface area contributed by atoms with Gasteiger partial charge in [0.15, 0.2) is 11.5 Å². The number of allylic oxidation sites excluding steroid dienone is 2. The van der Waals surface area contributed by atoms with Gasteiger partial charge in [-0.2, -0.15) is 5.26 Å². The zero-order valence-corrected chi connectivity index (χ0v) is 13.6. The molecular formula is C19H16N2O4. The van der Waals surface area contributed by atoms with Gasteiger partial charge in [-0.15, -0.1) is 6.58 Å². The standard InChI is InChI=1S/C19H16N2O4/c1-3-5-15-8-13(10-18(25-2)19(15)22)9-16(12-20)14-6-4-7-17(11-14)21(23)24/h3-4,6-11,22H,1,5H2,2H3/b16-9-. The van der Waals surface area contributed by atoms with Crippen molar-refractivity contribution in [2.24, 2.45) is 0 Å². The maximum atomic E-state index is 10.9. The first kappa shape index (κ1) is 17.8. The zero-order valence-electron chi connectivity index (χ0n) is 13.6. The average Bonchev–Trinajstić information content (AvgIpc) is 2.62. The number of methoxy groups -OCH3 is 1. The maximum Gasteiger partial charge on any atom is 0.270 e. The fourth-order valence-electron chi connectivity index (χ4n) is 2.37. The van der Waals surface area contributed by atoms with Gasteiger partial charge in [0.25, 0.3) is 5.69 Å². The second kappa shape index (κ2) is 7.79. The second-order valence-corrected chi connectivity index (χ2v) is 5.20. The number of nitro benzene ring substituents is 1. The number of phenolic OH excluding ortho intramolecular Hbond substituents is 1. The van der Waals surface area contributed by atoms with Crippen LogP contribution in [0.4, 0.5) is 5.69 Å². The number of hydrogen-bond acceptors (Lipinski definition) is 5. The van der Waals surface area contributed by atoms with Crippen molar-refractivity contribution in [1.82, 2.24) is 0 Å². The van der Waals surface area contributed by atoms with E-state index in [0.29, 0.717) is 23.1 Å². The fraction of sp³-hybridized carbons (Fsp3) is 0.105. The molecule has 0 radical (unpaired) electrons. The van der Waals surface area contributed by atoms with Crippen molar-refractivity contribution in [3.63, 3.8) is 0 Å². The number of non-ortho nitro benzene ring substituents is 1. The van der Waals surface area contributed by atoms with Crippen molar-refractivity contribution in [2.75, 3.05) is 7.11 Å². The van der Waals surface area contributed by atoms with E-state index in [9.17, 15) is 20.5 Å². The van der Waals surface area contributed by atoms with Crippen LogP contribution in [0.5, 0.6) is 11.5 Å². The summed E-state index contributed by atoms with van der Waals surface area (Å²) in [5.74, 6) is 0.301. The highest BCUT2D eigenvalue weighted by molar-refractivity contribution is 5.90. The minimum Gasteiger partial charge on any atom is -0.504 e. The van der Waals surface area contributed by atoms with E-state index in [2.05, 4.69) is 12.6 Å². The monoisotopic (exact) mass is 336 g/mol. The van der Waals surface area contributed by atoms with E-state index in [0.717, 1.165) is 0 Å². The lowest BCUT2D eigenvalue weighted by Crippen LogP contribution is -1.92. The topological polar surface area (TPSA) is 96.4 Å². The van der Waals surface area contributed by atoms with Gasteiger partial charge in [-0.05, 0) is 35.8 Å². The summed E-state index contributed by atoms with van der Waals surface area (Å²) in [7, 11) is 1.44. The summed E-state index contributed by atoms with van der Waals surface area (Å²) in [5.41, 5.74) is 1.86. The molecule has 2 aromatic carbocycles. The minimum absolute atomic E-state index is 0.0217. The van der Waals surface area contributed by atoms with Crippen LogP contribution < -0.4 is 4.74 Å². The molecule has 0 fully saturated rings. The molecule has 0 aliphatic carbocycles. The molecule has 0 amide bonds. The first-order valence-corrected chi connectivity index (χ1v) is 7.37. The van der Waals surface area contributed by atoms with Crippen molar-refractivity contribution in [3.8, 4) is 17.6 Å². The average molecular weight is 336 g/mol. The molecule has 0 saturated heterocycles. The minimum atomic E-state index is -0.510. The molecule has 0 aromatic heterocycles. The van der Waals surface area contributed by atoms with Gasteiger partial charge in [0.1, 0.15) is 0 Å². The Hall–Kier alpha value is -3.59. The van der Waals surface area contributed by atoms with Crippen LogP contribution in [-0.4, -0.2) is 17.1 Å². The Morgan fingerprint density at radius 2 is 2.20 bits per heavy atom. The highest BCUT2D eigenvalue weighted by Gasteiger charge is 2.12. The summed E-state index contributed by atoms with van der Waals surface area (Å²) in [5, 5.41) is 30.5. The number of nitro groups is 1. The van der Waals surface area contributed by atoms with Crippen molar-refractivity contribution in [1.29, 1.82) is 5.26 Å². The summed E-state index contributed by atoms with van der Waals surface area (Å²) >= 11 is 0. The Bertz CT molecular complexity index is 895. The normalized spacial score (nSPS) is 10.8. The summed E-state index contributed by atoms with van der Waals surface area (Å²) in [6.07, 6.45) is 3.67. The van der Waals surface area contributed by atoms with E-state index in [-0.39, 0.29) is 22.8 Å². The Morgan fingerprint density at radius 3 is 2.80 bits per heavy atom. The molecule has 0 spiro atoms. The smallest absolute Gasteiger partial charge is 0.270 e. The molecule has 25 heavy (non-hydrogen) atoms. The van der Waals surface area contributed by atoms with E-state index in [1.807, 2.05) is 0 Å². The lowest BCUT2D eigenvalue weighted by Gasteiger charge is -2.10. The first-order valence-electron chi connectivity index (χ1n) is 7.37. The van der Waals surface area contributed by atoms with E-state index in [1.54, 1.807) is 30.4 Å². The van der Waals surface area contributed by atoms with Crippen LogP contribution in [0, 0.1) is 21.4 Å². The van der Waals surface area contributed by atoms with Gasteiger partial charge in [0.2, 0.25) is 0 Å². The number of rotatable bonds is 6. The van der Waals surface area contributed by atoms with Crippen LogP contribution in [0.25, 0.3) is 11.6 Å². The number of benzene rings is 2. The highest BCUT2D eigenvalue weighted by Crippen LogP contribution is 2.33. The van der Waals surface area contributed by atoms with E-state index in [1.165, 1.54) is 25.3 Å². The van der Waals surface area contributed by atoms with Crippen LogP contribution in [-0.2, 0) is 6.42 Å². The number of ether oxygens (including phenoxy) is 1. The zero-order chi connectivity index (χ0) is 18.4. The summed E-state index contributed by atoms with van der Waals surface area (Å²) in [6.45, 7) is 3.65. The molecule has 6 nitrogen and oxygen atoms in total. The van der Waals surface area contributed by atoms with Gasteiger partial charge >= 0.3 is 0 Å². The predicted molar refractivity (Wildman–Crippen MR) is 95.1 cm³/mol. The van der Waals surface area contributed by atoms with Gasteiger partial charge in [-0.3, -0.25) is 10.1 Å². The van der Waals surface area contributed by atoms with Crippen LogP contribution in [0.15, 0.2) is 49.1 Å². The first-order chi connectivity index (χ1) is 12.0. The molecule has 0 atom stereocenters. The van der Waals surface area contributed by atoms with Crippen molar-refractivity contribution in [2.45, 2.75) is 6.42 Å². The number of nitriles is 1. The fourth-order valence-corrected chi connectivity index (χ4v) is 2.37. The SMILES string of the molecule is C=CCc1cc(/C=C(/C#N)c2cccc([N+](=O)[O-])c2)cc(OC)c1O. The molecule has 0 aliphatic heterocycles. The largest absolute Gasteiger partial charge is 0.504 e. The highest BCUT2D eigenvalue weighted by atomic mass is 16.6. The lowest BCUT2D eigenvalue weighted by molar-refractivity contribution is -0.384. The lowest BCUT2D eigenvalue weighted by atomic mass is 10.0. The van der Waals surface area contributed by atoms with Gasteiger partial charge in [-0.25, -0.2) is 0 Å². The maximum absolute atomic E-state index is 10.9. The molecule has 0 bridgehead atoms. The molecule has 0 aliphatic rings. The Labute approximate surface area is 145 Å². The molecular weight excluding hydrogens is 320 g/mol. The number of nitrogens with zero attached hydrogens (tertiary/aromatic N) is 2. The van der Waals surface area contributed by atoms with Crippen molar-refractivity contribution >= 4 is 17.3 Å². The van der Waals surface area contributed by atoms with Gasteiger partial charge < -0.3 is 9.84 Å². The van der Waals surface area contributed by atoms with Crippen LogP contribution >= 0.6 is 0 Å². The van der Waals surface area contributed by atoms with Crippen LogP contribution in [0.1, 0.15) is 16.7 Å². The second-order valence-electron chi connectivity index (χ2n) is 5.20. The van der Waals surface area contributed by atoms with E-state index < -0.39 is 4.92 Å². The van der Waals surface area contributed by atoms with Crippen LogP contribution in [0.2, 0.25) is 0 Å². The van der Waals surface area contributed by atoms with E-state index >= 15 is 0 Å². The van der Waals surface area contributed by atoms with Crippen molar-refractivity contribution in [3.05, 3.63) is 75.9 Å². The third kappa shape index (κ3) is 4.03. The number of phenols is 1. The number of hydrogen-bond donors (Lipinski definition) is 1. The molecule has 126 valence electrons. The van der Waals surface area contributed by atoms with Crippen molar-refractivity contribution < 1.29 is 14.8 Å². The van der Waals surface area contributed by atoms with E-state index in [4.69, 9.17) is 4.74 Å². The quantitative estimate of drug-likeness (QED) is 0.282. The molecule has 1 N–H and O–H groups in total. The summed E-state index contributed by atoms with van der Waals surface area (Å²) in [6, 6.07) is 11.2. The summed E-state index contributed by atoms with van der Waals surface area (Å²) < 4.78 is 5.16. The molecule has 0 heterocycles. The molecule has 2 aromatic rings. The molecule has 2 rings (SSSR count). The molecule has 0 unspecified atom stereocenters. The predicted octanol–water partition coefficient (Wildman–Crippen LogP) is 4.10. The van der Waals surface area contributed by atoms with Crippen LogP contribution in [0.3, 0.4) is 0 Å². The third-order valence-corrected chi connectivity index (χ3v) is 3.56.